The monoisotopic (exact) mass is 775 g/mol. The number of rotatable bonds is 5. The fraction of sp³-hybridized carbons (Fsp3) is 0.955. The summed E-state index contributed by atoms with van der Waals surface area (Å²) in [4.78, 5) is 25.4. The normalized spacial score (nSPS) is 52.3. The van der Waals surface area contributed by atoms with E-state index in [1.165, 1.54) is 94.3 Å². The van der Waals surface area contributed by atoms with Crippen molar-refractivity contribution in [3.05, 3.63) is 0 Å². The highest BCUT2D eigenvalue weighted by Gasteiger charge is 2.62. The van der Waals surface area contributed by atoms with Crippen LogP contribution in [0.1, 0.15) is 150 Å². The number of halogens is 2. The van der Waals surface area contributed by atoms with Gasteiger partial charge in [0.2, 0.25) is 0 Å². The summed E-state index contributed by atoms with van der Waals surface area (Å²) >= 11 is 9.43. The first-order valence-electron chi connectivity index (χ1n) is 21.3. The van der Waals surface area contributed by atoms with Gasteiger partial charge in [-0.2, -0.15) is 0 Å². The Kier molecular flexibility index (Phi) is 10.9. The van der Waals surface area contributed by atoms with E-state index in [1.54, 1.807) is 7.05 Å². The SMILES string of the molecule is CN(Cl)CC(=O)[C@H]1CC[C@H]2[C@@H]3CC[C@H]4C[C@@H](O)CC[C@]4(C)[C@H]3CC[C@]12C.C[C@H]1CC[C@@]2(C)[C@@H](CC[C@@H]3[C@@H]2CC[C@]2(C)[C@@H](C(=O)CBr)CC[C@@H]32)C1. The molecule has 8 rings (SSSR count). The minimum atomic E-state index is -0.0699. The number of alkyl halides is 1. The van der Waals surface area contributed by atoms with Crippen LogP contribution in [-0.4, -0.2) is 46.1 Å². The number of ketones is 2. The van der Waals surface area contributed by atoms with Gasteiger partial charge in [-0.05, 0) is 196 Å². The van der Waals surface area contributed by atoms with E-state index in [1.807, 2.05) is 0 Å². The van der Waals surface area contributed by atoms with Gasteiger partial charge in [-0.1, -0.05) is 57.0 Å². The molecule has 8 aliphatic rings. The van der Waals surface area contributed by atoms with Crippen LogP contribution in [0, 0.1) is 86.8 Å². The molecule has 0 aliphatic heterocycles. The van der Waals surface area contributed by atoms with Crippen LogP contribution in [0.5, 0.6) is 0 Å². The number of nitrogens with zero attached hydrogens (tertiary/aromatic N) is 1. The molecule has 6 heteroatoms. The second kappa shape index (κ2) is 14.3. The van der Waals surface area contributed by atoms with Crippen LogP contribution in [0.2, 0.25) is 0 Å². The van der Waals surface area contributed by atoms with E-state index in [0.717, 1.165) is 67.1 Å². The summed E-state index contributed by atoms with van der Waals surface area (Å²) < 4.78 is 1.52. The average molecular weight is 777 g/mol. The molecule has 0 saturated heterocycles. The molecule has 50 heavy (non-hydrogen) atoms. The van der Waals surface area contributed by atoms with E-state index < -0.39 is 0 Å². The Bertz CT molecular complexity index is 1280. The van der Waals surface area contributed by atoms with Crippen molar-refractivity contribution in [3.8, 4) is 0 Å². The fourth-order valence-corrected chi connectivity index (χ4v) is 16.7. The van der Waals surface area contributed by atoms with Crippen LogP contribution < -0.4 is 0 Å². The quantitative estimate of drug-likeness (QED) is 0.223. The lowest BCUT2D eigenvalue weighted by Gasteiger charge is -2.61. The summed E-state index contributed by atoms with van der Waals surface area (Å²) in [7, 11) is 1.78. The molecule has 0 aromatic heterocycles. The predicted molar refractivity (Wildman–Crippen MR) is 208 cm³/mol. The Morgan fingerprint density at radius 2 is 1.10 bits per heavy atom. The lowest BCUT2D eigenvalue weighted by Crippen LogP contribution is -2.54. The maximum atomic E-state index is 12.8. The Morgan fingerprint density at radius 1 is 0.640 bits per heavy atom. The zero-order chi connectivity index (χ0) is 35.8. The molecule has 8 aliphatic carbocycles. The number of aliphatic hydroxyl groups excluding tert-OH is 1. The van der Waals surface area contributed by atoms with Crippen molar-refractivity contribution in [1.82, 2.24) is 4.42 Å². The summed E-state index contributed by atoms with van der Waals surface area (Å²) in [6.45, 7) is 12.9. The number of hydrogen-bond donors (Lipinski definition) is 1. The van der Waals surface area contributed by atoms with Crippen LogP contribution in [0.3, 0.4) is 0 Å². The molecule has 0 spiro atoms. The second-order valence-electron chi connectivity index (χ2n) is 20.8. The minimum Gasteiger partial charge on any atom is -0.393 e. The van der Waals surface area contributed by atoms with Crippen molar-refractivity contribution in [2.45, 2.75) is 156 Å². The molecule has 284 valence electrons. The second-order valence-corrected chi connectivity index (χ2v) is 21.9. The molecule has 16 atom stereocenters. The van der Waals surface area contributed by atoms with Gasteiger partial charge in [-0.25, -0.2) is 4.42 Å². The number of fused-ring (bicyclic) bond motifs is 10. The zero-order valence-corrected chi connectivity index (χ0v) is 34.9. The van der Waals surface area contributed by atoms with Crippen molar-refractivity contribution < 1.29 is 14.7 Å². The van der Waals surface area contributed by atoms with Gasteiger partial charge in [0.15, 0.2) is 5.78 Å². The van der Waals surface area contributed by atoms with Crippen LogP contribution in [-0.2, 0) is 9.59 Å². The maximum absolute atomic E-state index is 12.8. The van der Waals surface area contributed by atoms with E-state index in [-0.39, 0.29) is 17.4 Å². The van der Waals surface area contributed by atoms with Gasteiger partial charge in [0.05, 0.1) is 18.0 Å². The van der Waals surface area contributed by atoms with Crippen LogP contribution >= 0.6 is 27.7 Å². The maximum Gasteiger partial charge on any atom is 0.151 e. The number of carbonyl (C=O) groups excluding carboxylic acids is 2. The summed E-state index contributed by atoms with van der Waals surface area (Å²) in [5.74, 6) is 8.97. The number of likely N-dealkylation sites (N-methyl/N-ethyl adjacent to an activating group) is 1. The molecule has 4 nitrogen and oxygen atoms in total. The molecular weight excluding hydrogens is 706 g/mol. The third-order valence-corrected chi connectivity index (χ3v) is 19.5. The number of carbonyl (C=O) groups is 2. The third-order valence-electron chi connectivity index (χ3n) is 18.8. The van der Waals surface area contributed by atoms with E-state index in [9.17, 15) is 14.7 Å². The van der Waals surface area contributed by atoms with Gasteiger partial charge in [-0.3, -0.25) is 9.59 Å². The summed E-state index contributed by atoms with van der Waals surface area (Å²) in [6.07, 6.45) is 23.0. The van der Waals surface area contributed by atoms with Gasteiger partial charge < -0.3 is 5.11 Å². The molecule has 0 unspecified atom stereocenters. The highest BCUT2D eigenvalue weighted by molar-refractivity contribution is 9.09. The third kappa shape index (κ3) is 6.28. The first-order chi connectivity index (χ1) is 23.7. The van der Waals surface area contributed by atoms with Crippen molar-refractivity contribution in [3.63, 3.8) is 0 Å². The molecule has 1 N–H and O–H groups in total. The van der Waals surface area contributed by atoms with Crippen LogP contribution in [0.4, 0.5) is 0 Å². The van der Waals surface area contributed by atoms with Crippen LogP contribution in [0.25, 0.3) is 0 Å². The van der Waals surface area contributed by atoms with Crippen molar-refractivity contribution in [2.75, 3.05) is 18.9 Å². The van der Waals surface area contributed by atoms with Crippen LogP contribution in [0.15, 0.2) is 0 Å². The van der Waals surface area contributed by atoms with Gasteiger partial charge >= 0.3 is 0 Å². The predicted octanol–water partition coefficient (Wildman–Crippen LogP) is 10.9. The fourth-order valence-electron chi connectivity index (χ4n) is 16.2. The molecule has 0 radical (unpaired) electrons. The highest BCUT2D eigenvalue weighted by atomic mass is 79.9. The Hall–Kier alpha value is 0.0300. The molecule has 0 aromatic carbocycles. The average Bonchev–Trinajstić information content (AvgIpc) is 3.62. The number of Topliss-reactive ketones (excluding diaryl/α,β-unsaturated/α-hetero) is 2. The van der Waals surface area contributed by atoms with Gasteiger partial charge in [-0.15, -0.1) is 0 Å². The van der Waals surface area contributed by atoms with E-state index in [2.05, 4.69) is 50.5 Å². The van der Waals surface area contributed by atoms with E-state index in [4.69, 9.17) is 11.8 Å². The molecular formula is C44H71BrClNO3. The molecule has 0 aromatic rings. The Labute approximate surface area is 319 Å². The van der Waals surface area contributed by atoms with Crippen molar-refractivity contribution in [2.24, 2.45) is 86.8 Å². The van der Waals surface area contributed by atoms with Crippen molar-refractivity contribution in [1.29, 1.82) is 0 Å². The first-order valence-corrected chi connectivity index (χ1v) is 22.8. The Morgan fingerprint density at radius 3 is 1.62 bits per heavy atom. The minimum absolute atomic E-state index is 0.0699. The van der Waals surface area contributed by atoms with Crippen molar-refractivity contribution >= 4 is 39.3 Å². The number of hydrogen-bond acceptors (Lipinski definition) is 4. The molecule has 0 heterocycles. The number of aliphatic hydroxyl groups is 1. The highest BCUT2D eigenvalue weighted by Crippen LogP contribution is 2.69. The largest absolute Gasteiger partial charge is 0.393 e. The lowest BCUT2D eigenvalue weighted by atomic mass is 9.44. The van der Waals surface area contributed by atoms with E-state index >= 15 is 0 Å². The molecule has 8 fully saturated rings. The van der Waals surface area contributed by atoms with E-state index in [0.29, 0.717) is 57.4 Å². The topological polar surface area (TPSA) is 57.6 Å². The smallest absolute Gasteiger partial charge is 0.151 e. The first kappa shape index (κ1) is 38.3. The zero-order valence-electron chi connectivity index (χ0n) is 32.5. The summed E-state index contributed by atoms with van der Waals surface area (Å²) in [5.41, 5.74) is 1.51. The summed E-state index contributed by atoms with van der Waals surface area (Å²) in [6, 6.07) is 0. The van der Waals surface area contributed by atoms with Gasteiger partial charge in [0.25, 0.3) is 0 Å². The standard InChI is InChI=1S/C22H35BrO.C22H36ClNO2/c1-14-8-10-21(2)15(12-14)4-5-16-17-6-7-19(20(24)13-23)22(17,3)11-9-18(16)21;1-21-10-8-15(25)12-14(21)4-5-16-17-6-7-19(20(26)13-24(3)23)22(17,2)11-9-18(16)21/h14-19H,4-13H2,1-3H3;14-19,25H,4-13H2,1-3H3/t2*14-,15-,16-,17-,18-,19+,21-,22-/m00/s1. The molecule has 0 bridgehead atoms. The van der Waals surface area contributed by atoms with Gasteiger partial charge in [0.1, 0.15) is 5.78 Å². The molecule has 8 saturated carbocycles. The Balaban J connectivity index is 0.000000157. The van der Waals surface area contributed by atoms with Gasteiger partial charge in [0, 0.05) is 18.9 Å². The molecule has 0 amide bonds. The summed E-state index contributed by atoms with van der Waals surface area (Å²) in [5, 5.41) is 10.7. The lowest BCUT2D eigenvalue weighted by molar-refractivity contribution is -0.139.